The van der Waals surface area contributed by atoms with Crippen molar-refractivity contribution >= 4 is 39.7 Å². The van der Waals surface area contributed by atoms with E-state index in [9.17, 15) is 9.59 Å². The molecule has 2 aromatic heterocycles. The average molecular weight is 526 g/mol. The summed E-state index contributed by atoms with van der Waals surface area (Å²) in [5, 5.41) is 11.5. The molecule has 2 aromatic carbocycles. The second kappa shape index (κ2) is 10.6. The van der Waals surface area contributed by atoms with E-state index in [0.717, 1.165) is 53.4 Å². The fraction of sp³-hybridized carbons (Fsp3) is 0.300. The molecule has 2 aliphatic rings. The molecule has 3 N–H and O–H groups in total. The largest absolute Gasteiger partial charge is 0.380 e. The predicted octanol–water partition coefficient (Wildman–Crippen LogP) is 5.26. The van der Waals surface area contributed by atoms with E-state index < -0.39 is 0 Å². The normalized spacial score (nSPS) is 21.2. The van der Waals surface area contributed by atoms with Gasteiger partial charge in [0.05, 0.1) is 17.7 Å². The summed E-state index contributed by atoms with van der Waals surface area (Å²) in [6.45, 7) is 1.19. The van der Waals surface area contributed by atoms with Gasteiger partial charge in [0.15, 0.2) is 0 Å². The van der Waals surface area contributed by atoms with Crippen molar-refractivity contribution in [1.29, 1.82) is 0 Å². The number of amides is 2. The lowest BCUT2D eigenvalue weighted by Crippen LogP contribution is -2.51. The fourth-order valence-corrected chi connectivity index (χ4v) is 6.42. The van der Waals surface area contributed by atoms with Crippen LogP contribution in [-0.4, -0.2) is 33.4 Å². The summed E-state index contributed by atoms with van der Waals surface area (Å²) < 4.78 is 0. The number of para-hydroxylation sites is 1. The third kappa shape index (κ3) is 5.14. The molecule has 194 valence electrons. The average Bonchev–Trinajstić information content (AvgIpc) is 3.53. The molecule has 1 saturated heterocycles. The maximum Gasteiger partial charge on any atom is 0.263 e. The van der Waals surface area contributed by atoms with Crippen LogP contribution >= 0.6 is 11.3 Å². The van der Waals surface area contributed by atoms with E-state index in [2.05, 4.69) is 27.1 Å². The minimum atomic E-state index is -0.198. The molecule has 6 rings (SSSR count). The van der Waals surface area contributed by atoms with Crippen molar-refractivity contribution in [1.82, 2.24) is 20.7 Å². The molecule has 0 atom stereocenters. The Bertz CT molecular complexity index is 1440. The minimum Gasteiger partial charge on any atom is -0.380 e. The Balaban J connectivity index is 1.04. The first-order valence-electron chi connectivity index (χ1n) is 13.2. The number of nitrogens with one attached hydrogen (secondary N) is 3. The number of hydrogen-bond acceptors (Lipinski definition) is 6. The van der Waals surface area contributed by atoms with Gasteiger partial charge >= 0.3 is 0 Å². The molecule has 1 spiro atoms. The highest BCUT2D eigenvalue weighted by Gasteiger charge is 2.45. The van der Waals surface area contributed by atoms with Crippen LogP contribution in [0.5, 0.6) is 0 Å². The van der Waals surface area contributed by atoms with E-state index in [0.29, 0.717) is 24.4 Å². The van der Waals surface area contributed by atoms with Gasteiger partial charge in [0, 0.05) is 36.1 Å². The number of benzene rings is 2. The first kappa shape index (κ1) is 24.6. The van der Waals surface area contributed by atoms with Crippen LogP contribution < -0.4 is 16.1 Å². The second-order valence-corrected chi connectivity index (χ2v) is 11.2. The summed E-state index contributed by atoms with van der Waals surface area (Å²) in [5.74, 6) is 0.108. The van der Waals surface area contributed by atoms with Crippen LogP contribution in [0.15, 0.2) is 78.3 Å². The first-order valence-corrected chi connectivity index (χ1v) is 14.0. The van der Waals surface area contributed by atoms with Crippen LogP contribution in [0.1, 0.15) is 52.9 Å². The van der Waals surface area contributed by atoms with Crippen molar-refractivity contribution < 1.29 is 9.59 Å². The molecule has 0 unspecified atom stereocenters. The molecule has 2 fully saturated rings. The zero-order valence-electron chi connectivity index (χ0n) is 21.2. The minimum absolute atomic E-state index is 0.0378. The highest BCUT2D eigenvalue weighted by molar-refractivity contribution is 7.12. The van der Waals surface area contributed by atoms with Gasteiger partial charge in [-0.2, -0.15) is 0 Å². The number of rotatable bonds is 7. The number of carbonyl (C=O) groups is 2. The van der Waals surface area contributed by atoms with E-state index in [1.807, 2.05) is 72.2 Å². The maximum atomic E-state index is 13.2. The van der Waals surface area contributed by atoms with Crippen LogP contribution in [0.3, 0.4) is 0 Å². The van der Waals surface area contributed by atoms with Gasteiger partial charge in [-0.05, 0) is 60.4 Å². The van der Waals surface area contributed by atoms with Gasteiger partial charge in [-0.3, -0.25) is 19.6 Å². The van der Waals surface area contributed by atoms with E-state index in [1.54, 1.807) is 5.01 Å². The smallest absolute Gasteiger partial charge is 0.263 e. The van der Waals surface area contributed by atoms with E-state index in [1.165, 1.54) is 11.3 Å². The molecule has 1 saturated carbocycles. The summed E-state index contributed by atoms with van der Waals surface area (Å²) >= 11 is 1.45. The van der Waals surface area contributed by atoms with Crippen molar-refractivity contribution in [2.75, 3.05) is 5.32 Å². The van der Waals surface area contributed by atoms with Gasteiger partial charge in [-0.1, -0.05) is 48.5 Å². The number of aromatic nitrogens is 1. The lowest BCUT2D eigenvalue weighted by molar-refractivity contribution is -0.130. The van der Waals surface area contributed by atoms with Gasteiger partial charge in [0.2, 0.25) is 5.91 Å². The number of anilines is 1. The molecular formula is C30H31N5O2S. The topological polar surface area (TPSA) is 86.4 Å². The quantitative estimate of drug-likeness (QED) is 0.307. The summed E-state index contributed by atoms with van der Waals surface area (Å²) in [6.07, 6.45) is 5.76. The summed E-state index contributed by atoms with van der Waals surface area (Å²) in [7, 11) is 0. The number of fused-ring (bicyclic) bond motifs is 1. The van der Waals surface area contributed by atoms with Gasteiger partial charge in [-0.15, -0.1) is 11.3 Å². The highest BCUT2D eigenvalue weighted by Crippen LogP contribution is 2.36. The van der Waals surface area contributed by atoms with E-state index in [4.69, 9.17) is 0 Å². The second-order valence-electron chi connectivity index (χ2n) is 10.3. The number of thiophene rings is 1. The SMILES string of the molecule is O=C(N[C@H]1CC[C@@]2(CC1)CC(=O)N(Cc1ccccc1)N2)c1sccc1NCc1ccnc2ccccc12. The molecule has 2 amide bonds. The molecule has 3 heterocycles. The summed E-state index contributed by atoms with van der Waals surface area (Å²) in [6, 6.07) is 22.2. The molecule has 1 aliphatic carbocycles. The number of pyridine rings is 1. The monoisotopic (exact) mass is 525 g/mol. The van der Waals surface area contributed by atoms with Crippen LogP contribution in [-0.2, 0) is 17.9 Å². The summed E-state index contributed by atoms with van der Waals surface area (Å²) in [5.41, 5.74) is 7.39. The van der Waals surface area contributed by atoms with Crippen LogP contribution in [0.25, 0.3) is 10.9 Å². The molecular weight excluding hydrogens is 494 g/mol. The van der Waals surface area contributed by atoms with Crippen molar-refractivity contribution in [2.45, 2.75) is 56.8 Å². The van der Waals surface area contributed by atoms with Crippen molar-refractivity contribution in [3.63, 3.8) is 0 Å². The molecule has 1 aliphatic heterocycles. The molecule has 4 aromatic rings. The standard InChI is InChI=1S/C30H31N5O2S/c36-27-18-30(34-35(27)20-21-6-2-1-3-7-21)14-10-23(11-15-30)33-29(37)28-26(13-17-38-28)32-19-22-12-16-31-25-9-5-4-8-24(22)25/h1-9,12-13,16-17,23,32,34H,10-11,14-15,18-20H2,(H,33,37)/t23-,30+. The zero-order valence-corrected chi connectivity index (χ0v) is 22.0. The summed E-state index contributed by atoms with van der Waals surface area (Å²) in [4.78, 5) is 31.1. The lowest BCUT2D eigenvalue weighted by atomic mass is 9.78. The highest BCUT2D eigenvalue weighted by atomic mass is 32.1. The molecule has 0 radical (unpaired) electrons. The van der Waals surface area contributed by atoms with Gasteiger partial charge in [0.1, 0.15) is 4.88 Å². The fourth-order valence-electron chi connectivity index (χ4n) is 5.65. The molecule has 8 heteroatoms. The molecule has 38 heavy (non-hydrogen) atoms. The Morgan fingerprint density at radius 3 is 2.68 bits per heavy atom. The third-order valence-electron chi connectivity index (χ3n) is 7.70. The number of nitrogens with zero attached hydrogens (tertiary/aromatic N) is 2. The lowest BCUT2D eigenvalue weighted by Gasteiger charge is -2.37. The molecule has 0 bridgehead atoms. The van der Waals surface area contributed by atoms with Crippen LogP contribution in [0.2, 0.25) is 0 Å². The van der Waals surface area contributed by atoms with E-state index in [-0.39, 0.29) is 23.4 Å². The Labute approximate surface area is 226 Å². The van der Waals surface area contributed by atoms with E-state index >= 15 is 0 Å². The number of hydrazine groups is 1. The predicted molar refractivity (Wildman–Crippen MR) is 151 cm³/mol. The van der Waals surface area contributed by atoms with Crippen molar-refractivity contribution in [2.24, 2.45) is 0 Å². The van der Waals surface area contributed by atoms with Gasteiger partial charge < -0.3 is 10.6 Å². The number of hydrogen-bond donors (Lipinski definition) is 3. The maximum absolute atomic E-state index is 13.2. The molecule has 7 nitrogen and oxygen atoms in total. The first-order chi connectivity index (χ1) is 18.6. The van der Waals surface area contributed by atoms with Crippen LogP contribution in [0.4, 0.5) is 5.69 Å². The third-order valence-corrected chi connectivity index (χ3v) is 8.62. The van der Waals surface area contributed by atoms with Gasteiger partial charge in [0.25, 0.3) is 5.91 Å². The Morgan fingerprint density at radius 2 is 1.84 bits per heavy atom. The Kier molecular flexibility index (Phi) is 6.82. The number of carbonyl (C=O) groups excluding carboxylic acids is 2. The van der Waals surface area contributed by atoms with Crippen LogP contribution in [0, 0.1) is 0 Å². The van der Waals surface area contributed by atoms with Crippen molar-refractivity contribution in [3.8, 4) is 0 Å². The Hall–Kier alpha value is -3.75. The zero-order chi connectivity index (χ0) is 26.0. The van der Waals surface area contributed by atoms with Gasteiger partial charge in [-0.25, -0.2) is 5.43 Å². The Morgan fingerprint density at radius 1 is 1.05 bits per heavy atom. The van der Waals surface area contributed by atoms with Crippen molar-refractivity contribution in [3.05, 3.63) is 94.3 Å².